The molecule has 6 nitrogen and oxygen atoms in total. The van der Waals surface area contributed by atoms with E-state index in [1.165, 1.54) is 18.2 Å². The lowest BCUT2D eigenvalue weighted by atomic mass is 9.98. The van der Waals surface area contributed by atoms with Gasteiger partial charge in [0.2, 0.25) is 5.91 Å². The Labute approximate surface area is 123 Å². The van der Waals surface area contributed by atoms with Crippen molar-refractivity contribution in [1.29, 1.82) is 0 Å². The van der Waals surface area contributed by atoms with Crippen LogP contribution < -0.4 is 11.1 Å². The van der Waals surface area contributed by atoms with Crippen LogP contribution in [0.5, 0.6) is 0 Å². The van der Waals surface area contributed by atoms with Gasteiger partial charge in [-0.2, -0.15) is 0 Å². The largest absolute Gasteiger partial charge is 0.346 e. The number of hydrogen-bond donors (Lipinski definition) is 2. The smallest absolute Gasteiger partial charge is 0.276 e. The molecule has 21 heavy (non-hydrogen) atoms. The molecule has 1 aromatic rings. The Morgan fingerprint density at radius 2 is 2.05 bits per heavy atom. The van der Waals surface area contributed by atoms with Gasteiger partial charge < -0.3 is 11.1 Å². The van der Waals surface area contributed by atoms with Crippen LogP contribution in [-0.2, 0) is 4.79 Å². The molecule has 1 amide bonds. The monoisotopic (exact) mass is 289 g/mol. The topological polar surface area (TPSA) is 98.3 Å². The fourth-order valence-corrected chi connectivity index (χ4v) is 2.70. The second-order valence-electron chi connectivity index (χ2n) is 5.33. The standard InChI is InChI=1S/C15H19N3O3/c16-11-15(9-3-4-10-15)17-14(19)8-7-12-5-1-2-6-13(12)18(20)21/h1-2,5-8H,3-4,9-11,16H2,(H,17,19). The van der Waals surface area contributed by atoms with Crippen LogP contribution in [0.15, 0.2) is 30.3 Å². The number of carbonyl (C=O) groups is 1. The maximum Gasteiger partial charge on any atom is 0.276 e. The number of rotatable bonds is 5. The number of para-hydroxylation sites is 1. The van der Waals surface area contributed by atoms with Gasteiger partial charge in [0.15, 0.2) is 0 Å². The molecule has 1 fully saturated rings. The fraction of sp³-hybridized carbons (Fsp3) is 0.400. The number of nitrogens with zero attached hydrogens (tertiary/aromatic N) is 1. The first-order valence-electron chi connectivity index (χ1n) is 7.00. The van der Waals surface area contributed by atoms with Crippen LogP contribution in [0.3, 0.4) is 0 Å². The summed E-state index contributed by atoms with van der Waals surface area (Å²) in [5.41, 5.74) is 5.84. The molecule has 0 bridgehead atoms. The van der Waals surface area contributed by atoms with Crippen molar-refractivity contribution in [3.05, 3.63) is 46.0 Å². The zero-order valence-corrected chi connectivity index (χ0v) is 11.7. The third kappa shape index (κ3) is 3.66. The maximum atomic E-state index is 12.0. The van der Waals surface area contributed by atoms with Crippen LogP contribution in [0.25, 0.3) is 6.08 Å². The minimum absolute atomic E-state index is 0.0176. The highest BCUT2D eigenvalue weighted by atomic mass is 16.6. The van der Waals surface area contributed by atoms with Crippen LogP contribution in [0, 0.1) is 10.1 Å². The van der Waals surface area contributed by atoms with E-state index in [4.69, 9.17) is 5.73 Å². The van der Waals surface area contributed by atoms with Gasteiger partial charge >= 0.3 is 0 Å². The Kier molecular flexibility index (Phi) is 4.70. The molecule has 1 aromatic carbocycles. The first kappa shape index (κ1) is 15.2. The van der Waals surface area contributed by atoms with E-state index in [0.29, 0.717) is 12.1 Å². The van der Waals surface area contributed by atoms with E-state index in [0.717, 1.165) is 25.7 Å². The van der Waals surface area contributed by atoms with E-state index in [9.17, 15) is 14.9 Å². The molecule has 0 radical (unpaired) electrons. The van der Waals surface area contributed by atoms with Crippen LogP contribution in [-0.4, -0.2) is 22.9 Å². The van der Waals surface area contributed by atoms with Crippen molar-refractivity contribution in [3.8, 4) is 0 Å². The van der Waals surface area contributed by atoms with Crippen molar-refractivity contribution in [1.82, 2.24) is 5.32 Å². The lowest BCUT2D eigenvalue weighted by Gasteiger charge is -2.27. The Bertz CT molecular complexity index is 563. The number of hydrogen-bond acceptors (Lipinski definition) is 4. The minimum atomic E-state index is -0.462. The molecular formula is C15H19N3O3. The van der Waals surface area contributed by atoms with Crippen LogP contribution in [0.1, 0.15) is 31.2 Å². The van der Waals surface area contributed by atoms with Gasteiger partial charge in [-0.1, -0.05) is 25.0 Å². The van der Waals surface area contributed by atoms with Gasteiger partial charge in [-0.15, -0.1) is 0 Å². The Balaban J connectivity index is 2.07. The van der Waals surface area contributed by atoms with Crippen molar-refractivity contribution < 1.29 is 9.72 Å². The summed E-state index contributed by atoms with van der Waals surface area (Å²) in [6.45, 7) is 0.415. The lowest BCUT2D eigenvalue weighted by molar-refractivity contribution is -0.385. The molecule has 0 unspecified atom stereocenters. The highest BCUT2D eigenvalue weighted by Crippen LogP contribution is 2.28. The molecule has 1 saturated carbocycles. The summed E-state index contributed by atoms with van der Waals surface area (Å²) in [5.74, 6) is -0.263. The molecular weight excluding hydrogens is 270 g/mol. The summed E-state index contributed by atoms with van der Waals surface area (Å²) in [6.07, 6.45) is 6.69. The molecule has 2 rings (SSSR count). The van der Waals surface area contributed by atoms with Crippen LogP contribution in [0.2, 0.25) is 0 Å². The van der Waals surface area contributed by atoms with E-state index < -0.39 is 4.92 Å². The molecule has 0 aliphatic heterocycles. The number of amides is 1. The van der Waals surface area contributed by atoms with Gasteiger partial charge in [-0.25, -0.2) is 0 Å². The summed E-state index contributed by atoms with van der Waals surface area (Å²) >= 11 is 0. The highest BCUT2D eigenvalue weighted by molar-refractivity contribution is 5.92. The summed E-state index contributed by atoms with van der Waals surface area (Å²) in [6, 6.07) is 6.31. The van der Waals surface area contributed by atoms with Gasteiger partial charge in [-0.05, 0) is 25.0 Å². The molecule has 112 valence electrons. The molecule has 1 aliphatic rings. The third-order valence-corrected chi connectivity index (χ3v) is 3.89. The summed E-state index contributed by atoms with van der Waals surface area (Å²) in [7, 11) is 0. The van der Waals surface area contributed by atoms with Crippen LogP contribution >= 0.6 is 0 Å². The van der Waals surface area contributed by atoms with Crippen LogP contribution in [0.4, 0.5) is 5.69 Å². The average Bonchev–Trinajstić information content (AvgIpc) is 2.94. The Morgan fingerprint density at radius 3 is 2.67 bits per heavy atom. The molecule has 6 heteroatoms. The predicted molar refractivity (Wildman–Crippen MR) is 80.5 cm³/mol. The van der Waals surface area contributed by atoms with E-state index >= 15 is 0 Å². The quantitative estimate of drug-likeness (QED) is 0.492. The molecule has 0 spiro atoms. The lowest BCUT2D eigenvalue weighted by Crippen LogP contribution is -2.51. The zero-order chi connectivity index (χ0) is 15.3. The summed E-state index contributed by atoms with van der Waals surface area (Å²) in [4.78, 5) is 22.4. The molecule has 1 aliphatic carbocycles. The summed E-state index contributed by atoms with van der Waals surface area (Å²) < 4.78 is 0. The zero-order valence-electron chi connectivity index (χ0n) is 11.7. The highest BCUT2D eigenvalue weighted by Gasteiger charge is 2.33. The minimum Gasteiger partial charge on any atom is -0.346 e. The molecule has 0 atom stereocenters. The number of benzene rings is 1. The second-order valence-corrected chi connectivity index (χ2v) is 5.33. The molecule has 0 heterocycles. The number of nitrogens with two attached hydrogens (primary N) is 1. The van der Waals surface area contributed by atoms with E-state index in [1.807, 2.05) is 0 Å². The summed E-state index contributed by atoms with van der Waals surface area (Å²) in [5, 5.41) is 13.8. The van der Waals surface area contributed by atoms with E-state index in [1.54, 1.807) is 18.2 Å². The maximum absolute atomic E-state index is 12.0. The fourth-order valence-electron chi connectivity index (χ4n) is 2.70. The van der Waals surface area contributed by atoms with Crippen molar-refractivity contribution in [2.75, 3.05) is 6.54 Å². The second kappa shape index (κ2) is 6.49. The van der Waals surface area contributed by atoms with Crippen molar-refractivity contribution in [3.63, 3.8) is 0 Å². The number of nitro groups is 1. The average molecular weight is 289 g/mol. The molecule has 0 aromatic heterocycles. The first-order valence-corrected chi connectivity index (χ1v) is 7.00. The van der Waals surface area contributed by atoms with E-state index in [-0.39, 0.29) is 17.1 Å². The van der Waals surface area contributed by atoms with Gasteiger partial charge in [-0.3, -0.25) is 14.9 Å². The SMILES string of the molecule is NCC1(NC(=O)C=Cc2ccccc2[N+](=O)[O-])CCCC1. The number of nitrogens with one attached hydrogen (secondary N) is 1. The van der Waals surface area contributed by atoms with Gasteiger partial charge in [0, 0.05) is 18.7 Å². The van der Waals surface area contributed by atoms with Crippen molar-refractivity contribution >= 4 is 17.7 Å². The van der Waals surface area contributed by atoms with Gasteiger partial charge in [0.1, 0.15) is 0 Å². The normalized spacial score (nSPS) is 17.0. The first-order chi connectivity index (χ1) is 10.1. The number of carbonyl (C=O) groups excluding carboxylic acids is 1. The molecule has 0 saturated heterocycles. The Hall–Kier alpha value is -2.21. The van der Waals surface area contributed by atoms with Gasteiger partial charge in [0.05, 0.1) is 16.0 Å². The van der Waals surface area contributed by atoms with E-state index in [2.05, 4.69) is 5.32 Å². The van der Waals surface area contributed by atoms with Crippen molar-refractivity contribution in [2.45, 2.75) is 31.2 Å². The molecule has 3 N–H and O–H groups in total. The third-order valence-electron chi connectivity index (χ3n) is 3.89. The Morgan fingerprint density at radius 1 is 1.38 bits per heavy atom. The predicted octanol–water partition coefficient (Wildman–Crippen LogP) is 2.00. The van der Waals surface area contributed by atoms with Crippen molar-refractivity contribution in [2.24, 2.45) is 5.73 Å². The number of nitro benzene ring substituents is 1. The van der Waals surface area contributed by atoms with Gasteiger partial charge in [0.25, 0.3) is 5.69 Å².